The Hall–Kier alpha value is -2.35. The first-order valence-corrected chi connectivity index (χ1v) is 10.7. The van der Waals surface area contributed by atoms with Crippen LogP contribution in [-0.4, -0.2) is 31.6 Å². The number of rotatable bonds is 4. The van der Waals surface area contributed by atoms with E-state index in [1.807, 2.05) is 30.3 Å². The van der Waals surface area contributed by atoms with Crippen LogP contribution in [0.5, 0.6) is 0 Å². The number of benzene rings is 2. The van der Waals surface area contributed by atoms with Crippen LogP contribution >= 0.6 is 11.6 Å². The van der Waals surface area contributed by atoms with E-state index >= 15 is 0 Å². The fourth-order valence-electron chi connectivity index (χ4n) is 3.58. The van der Waals surface area contributed by atoms with Gasteiger partial charge in [-0.15, -0.1) is 0 Å². The summed E-state index contributed by atoms with van der Waals surface area (Å²) in [5.74, 6) is -0.291. The molecule has 1 amide bonds. The van der Waals surface area contributed by atoms with Gasteiger partial charge >= 0.3 is 0 Å². The zero-order chi connectivity index (χ0) is 19.2. The fraction of sp³-hybridized carbons (Fsp3) is 0.211. The van der Waals surface area contributed by atoms with Crippen LogP contribution < -0.4 is 10.0 Å². The number of aromatic nitrogens is 1. The van der Waals surface area contributed by atoms with Crippen molar-refractivity contribution < 1.29 is 13.2 Å². The summed E-state index contributed by atoms with van der Waals surface area (Å²) in [5.41, 5.74) is 3.12. The van der Waals surface area contributed by atoms with Crippen molar-refractivity contribution in [2.75, 3.05) is 6.26 Å². The monoisotopic (exact) mass is 403 g/mol. The van der Waals surface area contributed by atoms with Gasteiger partial charge in [0.2, 0.25) is 10.0 Å². The van der Waals surface area contributed by atoms with E-state index in [0.717, 1.165) is 28.3 Å². The number of H-pyrrole nitrogens is 1. The average Bonchev–Trinajstić information content (AvgIpc) is 3.15. The topological polar surface area (TPSA) is 91.1 Å². The largest absolute Gasteiger partial charge is 0.351 e. The Morgan fingerprint density at radius 1 is 1.19 bits per heavy atom. The number of carbonyl (C=O) groups is 1. The molecule has 2 aromatic carbocycles. The lowest BCUT2D eigenvalue weighted by molar-refractivity contribution is 0.0927. The van der Waals surface area contributed by atoms with Crippen molar-refractivity contribution in [1.82, 2.24) is 15.0 Å². The third-order valence-corrected chi connectivity index (χ3v) is 5.63. The summed E-state index contributed by atoms with van der Waals surface area (Å²) in [6, 6.07) is 13.8. The van der Waals surface area contributed by atoms with E-state index in [2.05, 4.69) is 15.0 Å². The summed E-state index contributed by atoms with van der Waals surface area (Å²) in [4.78, 5) is 15.8. The van der Waals surface area contributed by atoms with Crippen molar-refractivity contribution in [2.45, 2.75) is 18.5 Å². The van der Waals surface area contributed by atoms with Crippen LogP contribution in [0, 0.1) is 0 Å². The molecule has 8 heteroatoms. The molecule has 0 spiro atoms. The van der Waals surface area contributed by atoms with Crippen LogP contribution in [0.15, 0.2) is 48.5 Å². The average molecular weight is 404 g/mol. The molecule has 6 nitrogen and oxygen atoms in total. The van der Waals surface area contributed by atoms with E-state index in [1.165, 1.54) is 0 Å². The van der Waals surface area contributed by atoms with E-state index in [4.69, 9.17) is 11.6 Å². The van der Waals surface area contributed by atoms with Gasteiger partial charge in [-0.25, -0.2) is 13.1 Å². The van der Waals surface area contributed by atoms with Gasteiger partial charge in [0.15, 0.2) is 0 Å². The Bertz CT molecular complexity index is 1140. The lowest BCUT2D eigenvalue weighted by Gasteiger charge is -2.22. The number of amides is 1. The highest BCUT2D eigenvalue weighted by Crippen LogP contribution is 2.32. The number of fused-ring (bicyclic) bond motifs is 2. The Morgan fingerprint density at radius 3 is 2.74 bits per heavy atom. The standard InChI is InChI=1S/C19H18ClN3O3S/c1-27(25,26)23-18-14-5-3-2-4-11(14)9-16(18)22-19(24)17-10-12-8-13(20)6-7-15(12)21-17/h2-8,10,16,18,21,23H,9H2,1H3,(H,22,24)/t16-,18+/m1/s1. The van der Waals surface area contributed by atoms with Gasteiger partial charge in [-0.1, -0.05) is 35.9 Å². The van der Waals surface area contributed by atoms with E-state index in [0.29, 0.717) is 17.1 Å². The van der Waals surface area contributed by atoms with E-state index in [9.17, 15) is 13.2 Å². The van der Waals surface area contributed by atoms with Crippen LogP contribution in [0.25, 0.3) is 10.9 Å². The molecule has 4 rings (SSSR count). The molecule has 2 atom stereocenters. The van der Waals surface area contributed by atoms with Gasteiger partial charge in [-0.3, -0.25) is 4.79 Å². The zero-order valence-electron chi connectivity index (χ0n) is 14.5. The number of halogens is 1. The molecule has 0 aliphatic heterocycles. The Balaban J connectivity index is 1.60. The van der Waals surface area contributed by atoms with Gasteiger partial charge in [-0.05, 0) is 41.8 Å². The van der Waals surface area contributed by atoms with Crippen LogP contribution in [0.1, 0.15) is 27.7 Å². The van der Waals surface area contributed by atoms with Crippen molar-refractivity contribution in [1.29, 1.82) is 0 Å². The molecule has 3 aromatic rings. The number of hydrogen-bond acceptors (Lipinski definition) is 3. The highest BCUT2D eigenvalue weighted by atomic mass is 35.5. The molecule has 1 heterocycles. The smallest absolute Gasteiger partial charge is 0.268 e. The number of sulfonamides is 1. The molecule has 0 radical (unpaired) electrons. The highest BCUT2D eigenvalue weighted by Gasteiger charge is 2.35. The number of carbonyl (C=O) groups excluding carboxylic acids is 1. The summed E-state index contributed by atoms with van der Waals surface area (Å²) in [6.45, 7) is 0. The van der Waals surface area contributed by atoms with Crippen LogP contribution in [0.4, 0.5) is 0 Å². The summed E-state index contributed by atoms with van der Waals surface area (Å²) in [5, 5.41) is 4.40. The van der Waals surface area contributed by atoms with Gasteiger partial charge in [0.1, 0.15) is 5.69 Å². The number of aromatic amines is 1. The van der Waals surface area contributed by atoms with Gasteiger partial charge in [0.05, 0.1) is 18.3 Å². The molecular formula is C19H18ClN3O3S. The molecule has 1 aromatic heterocycles. The minimum atomic E-state index is -3.43. The van der Waals surface area contributed by atoms with Gasteiger partial charge in [0, 0.05) is 15.9 Å². The molecular weight excluding hydrogens is 386 g/mol. The Morgan fingerprint density at radius 2 is 1.96 bits per heavy atom. The second-order valence-corrected chi connectivity index (χ2v) is 8.98. The Kier molecular flexibility index (Phi) is 4.46. The minimum Gasteiger partial charge on any atom is -0.351 e. The third-order valence-electron chi connectivity index (χ3n) is 4.72. The molecule has 1 aliphatic carbocycles. The van der Waals surface area contributed by atoms with E-state index < -0.39 is 16.1 Å². The van der Waals surface area contributed by atoms with Crippen molar-refractivity contribution in [3.05, 3.63) is 70.4 Å². The van der Waals surface area contributed by atoms with Crippen molar-refractivity contribution in [3.63, 3.8) is 0 Å². The highest BCUT2D eigenvalue weighted by molar-refractivity contribution is 7.88. The van der Waals surface area contributed by atoms with Crippen molar-refractivity contribution in [3.8, 4) is 0 Å². The normalized spacial score (nSPS) is 19.2. The van der Waals surface area contributed by atoms with Crippen LogP contribution in [0.3, 0.4) is 0 Å². The maximum Gasteiger partial charge on any atom is 0.268 e. The Labute approximate surface area is 162 Å². The van der Waals surface area contributed by atoms with Crippen LogP contribution in [0.2, 0.25) is 5.02 Å². The van der Waals surface area contributed by atoms with Gasteiger partial charge in [0.25, 0.3) is 5.91 Å². The fourth-order valence-corrected chi connectivity index (χ4v) is 4.51. The maximum atomic E-state index is 12.8. The molecule has 0 unspecified atom stereocenters. The SMILES string of the molecule is CS(=O)(=O)N[C@H]1c2ccccc2C[C@H]1NC(=O)c1cc2cc(Cl)ccc2[nH]1. The minimum absolute atomic E-state index is 0.291. The molecule has 1 aliphatic rings. The van der Waals surface area contributed by atoms with Gasteiger partial charge in [-0.2, -0.15) is 0 Å². The maximum absolute atomic E-state index is 12.8. The van der Waals surface area contributed by atoms with E-state index in [-0.39, 0.29) is 11.9 Å². The molecule has 140 valence electrons. The summed E-state index contributed by atoms with van der Waals surface area (Å²) >= 11 is 6.00. The molecule has 0 fully saturated rings. The zero-order valence-corrected chi connectivity index (χ0v) is 16.1. The van der Waals surface area contributed by atoms with Crippen LogP contribution in [-0.2, 0) is 16.4 Å². The van der Waals surface area contributed by atoms with Crippen molar-refractivity contribution >= 4 is 38.4 Å². The predicted octanol–water partition coefficient (Wildman–Crippen LogP) is 2.77. The second-order valence-electron chi connectivity index (χ2n) is 6.77. The summed E-state index contributed by atoms with van der Waals surface area (Å²) in [7, 11) is -3.43. The summed E-state index contributed by atoms with van der Waals surface area (Å²) < 4.78 is 26.3. The lowest BCUT2D eigenvalue weighted by Crippen LogP contribution is -2.44. The molecule has 0 saturated carbocycles. The second kappa shape index (κ2) is 6.67. The first-order valence-electron chi connectivity index (χ1n) is 8.44. The molecule has 27 heavy (non-hydrogen) atoms. The lowest BCUT2D eigenvalue weighted by atomic mass is 10.1. The number of nitrogens with one attached hydrogen (secondary N) is 3. The third kappa shape index (κ3) is 3.71. The first kappa shape index (κ1) is 18.0. The van der Waals surface area contributed by atoms with E-state index in [1.54, 1.807) is 18.2 Å². The molecule has 0 bridgehead atoms. The molecule has 0 saturated heterocycles. The first-order chi connectivity index (χ1) is 12.8. The molecule has 3 N–H and O–H groups in total. The number of hydrogen-bond donors (Lipinski definition) is 3. The van der Waals surface area contributed by atoms with Crippen molar-refractivity contribution in [2.24, 2.45) is 0 Å². The predicted molar refractivity (Wildman–Crippen MR) is 105 cm³/mol. The quantitative estimate of drug-likeness (QED) is 0.625. The van der Waals surface area contributed by atoms with Gasteiger partial charge < -0.3 is 10.3 Å². The summed E-state index contributed by atoms with van der Waals surface area (Å²) in [6.07, 6.45) is 1.68.